The molecule has 1 heteroatoms. The second kappa shape index (κ2) is 4.94. The predicted octanol–water partition coefficient (Wildman–Crippen LogP) is 6.28. The molecule has 19 heavy (non-hydrogen) atoms. The summed E-state index contributed by atoms with van der Waals surface area (Å²) in [7, 11) is 0. The Hall–Kier alpha value is -0.820. The third kappa shape index (κ3) is 2.72. The molecule has 0 nitrogen and oxygen atoms in total. The van der Waals surface area contributed by atoms with E-state index in [1.807, 2.05) is 11.3 Å². The highest BCUT2D eigenvalue weighted by atomic mass is 32.1. The Labute approximate surface area is 121 Å². The van der Waals surface area contributed by atoms with Crippen LogP contribution < -0.4 is 0 Å². The van der Waals surface area contributed by atoms with Gasteiger partial charge in [-0.15, -0.1) is 11.3 Å². The molecular formula is C18H26S. The molecule has 0 fully saturated rings. The molecule has 0 N–H and O–H groups in total. The molecule has 2 rings (SSSR count). The van der Waals surface area contributed by atoms with Crippen LogP contribution in [0.4, 0.5) is 0 Å². The van der Waals surface area contributed by atoms with E-state index in [4.69, 9.17) is 0 Å². The standard InChI is InChI=1S/C18H26S/c1-7-17(3,4)14-10-9-13-11-16(18(5,6)8-2)19-15(13)12-14/h9-12H,7-8H2,1-6H3. The zero-order valence-corrected chi connectivity index (χ0v) is 13.9. The highest BCUT2D eigenvalue weighted by Crippen LogP contribution is 2.38. The molecule has 2 aromatic rings. The molecule has 1 heterocycles. The van der Waals surface area contributed by atoms with Gasteiger partial charge in [-0.2, -0.15) is 0 Å². The minimum Gasteiger partial charge on any atom is -0.140 e. The SMILES string of the molecule is CCC(C)(C)c1ccc2cc(C(C)(C)CC)sc2c1. The van der Waals surface area contributed by atoms with Crippen LogP contribution in [-0.2, 0) is 10.8 Å². The van der Waals surface area contributed by atoms with E-state index >= 15 is 0 Å². The van der Waals surface area contributed by atoms with Crippen LogP contribution in [0.15, 0.2) is 24.3 Å². The van der Waals surface area contributed by atoms with Crippen LogP contribution in [0.3, 0.4) is 0 Å². The van der Waals surface area contributed by atoms with Gasteiger partial charge in [0, 0.05) is 9.58 Å². The van der Waals surface area contributed by atoms with Gasteiger partial charge in [0.2, 0.25) is 0 Å². The lowest BCUT2D eigenvalue weighted by molar-refractivity contribution is 0.507. The maximum Gasteiger partial charge on any atom is 0.0348 e. The summed E-state index contributed by atoms with van der Waals surface area (Å²) in [6, 6.07) is 9.39. The lowest BCUT2D eigenvalue weighted by Gasteiger charge is -2.23. The number of fused-ring (bicyclic) bond motifs is 1. The van der Waals surface area contributed by atoms with Crippen molar-refractivity contribution >= 4 is 21.4 Å². The Morgan fingerprint density at radius 3 is 2.11 bits per heavy atom. The van der Waals surface area contributed by atoms with Crippen molar-refractivity contribution < 1.29 is 0 Å². The maximum absolute atomic E-state index is 2.40. The smallest absolute Gasteiger partial charge is 0.0348 e. The van der Waals surface area contributed by atoms with E-state index < -0.39 is 0 Å². The number of rotatable bonds is 4. The summed E-state index contributed by atoms with van der Waals surface area (Å²) in [5.74, 6) is 0. The Balaban J connectivity index is 2.51. The van der Waals surface area contributed by atoms with Crippen LogP contribution >= 0.6 is 11.3 Å². The van der Waals surface area contributed by atoms with Gasteiger partial charge in [-0.3, -0.25) is 0 Å². The van der Waals surface area contributed by atoms with Crippen LogP contribution in [-0.4, -0.2) is 0 Å². The molecule has 0 bridgehead atoms. The van der Waals surface area contributed by atoms with Crippen LogP contribution in [0.5, 0.6) is 0 Å². The van der Waals surface area contributed by atoms with Crippen molar-refractivity contribution in [3.63, 3.8) is 0 Å². The minimum atomic E-state index is 0.276. The van der Waals surface area contributed by atoms with Gasteiger partial charge in [0.25, 0.3) is 0 Å². The monoisotopic (exact) mass is 274 g/mol. The highest BCUT2D eigenvalue weighted by molar-refractivity contribution is 7.19. The molecule has 0 aliphatic rings. The number of thiophene rings is 1. The molecule has 0 aliphatic heterocycles. The van der Waals surface area contributed by atoms with E-state index in [9.17, 15) is 0 Å². The summed E-state index contributed by atoms with van der Waals surface area (Å²) in [4.78, 5) is 1.51. The van der Waals surface area contributed by atoms with Gasteiger partial charge >= 0.3 is 0 Å². The Kier molecular flexibility index (Phi) is 3.79. The zero-order valence-electron chi connectivity index (χ0n) is 13.1. The van der Waals surface area contributed by atoms with Crippen molar-refractivity contribution in [2.45, 2.75) is 65.2 Å². The van der Waals surface area contributed by atoms with Crippen LogP contribution in [0, 0.1) is 0 Å². The minimum absolute atomic E-state index is 0.276. The summed E-state index contributed by atoms with van der Waals surface area (Å²) in [5.41, 5.74) is 2.04. The van der Waals surface area contributed by atoms with E-state index in [-0.39, 0.29) is 5.41 Å². The highest BCUT2D eigenvalue weighted by Gasteiger charge is 2.22. The first kappa shape index (κ1) is 14.6. The molecule has 0 spiro atoms. The number of hydrogen-bond donors (Lipinski definition) is 0. The third-order valence-electron chi connectivity index (χ3n) is 4.74. The van der Waals surface area contributed by atoms with Crippen molar-refractivity contribution in [3.05, 3.63) is 34.7 Å². The molecule has 0 saturated carbocycles. The van der Waals surface area contributed by atoms with Gasteiger partial charge in [-0.25, -0.2) is 0 Å². The maximum atomic E-state index is 2.40. The van der Waals surface area contributed by atoms with Crippen molar-refractivity contribution in [1.82, 2.24) is 0 Å². The van der Waals surface area contributed by atoms with E-state index in [2.05, 4.69) is 65.8 Å². The zero-order chi connectivity index (χ0) is 14.3. The second-order valence-electron chi connectivity index (χ2n) is 6.84. The van der Waals surface area contributed by atoms with Crippen molar-refractivity contribution in [1.29, 1.82) is 0 Å². The first-order valence-electron chi connectivity index (χ1n) is 7.34. The predicted molar refractivity (Wildman–Crippen MR) is 88.5 cm³/mol. The molecule has 0 amide bonds. The average Bonchev–Trinajstić information content (AvgIpc) is 2.82. The Morgan fingerprint density at radius 1 is 0.895 bits per heavy atom. The fourth-order valence-electron chi connectivity index (χ4n) is 2.16. The van der Waals surface area contributed by atoms with Crippen LogP contribution in [0.2, 0.25) is 0 Å². The summed E-state index contributed by atoms with van der Waals surface area (Å²) in [6.45, 7) is 13.9. The Morgan fingerprint density at radius 2 is 1.53 bits per heavy atom. The van der Waals surface area contributed by atoms with Gasteiger partial charge in [-0.1, -0.05) is 53.7 Å². The summed E-state index contributed by atoms with van der Waals surface area (Å²) in [6.07, 6.45) is 2.37. The fourth-order valence-corrected chi connectivity index (χ4v) is 3.44. The van der Waals surface area contributed by atoms with Gasteiger partial charge in [0.1, 0.15) is 0 Å². The van der Waals surface area contributed by atoms with E-state index in [0.717, 1.165) is 0 Å². The molecule has 0 atom stereocenters. The molecule has 1 aromatic carbocycles. The van der Waals surface area contributed by atoms with E-state index in [0.29, 0.717) is 5.41 Å². The number of benzene rings is 1. The molecular weight excluding hydrogens is 248 g/mol. The van der Waals surface area contributed by atoms with E-state index in [1.165, 1.54) is 33.4 Å². The van der Waals surface area contributed by atoms with Crippen molar-refractivity contribution in [3.8, 4) is 0 Å². The fraction of sp³-hybridized carbons (Fsp3) is 0.556. The molecule has 1 aromatic heterocycles. The van der Waals surface area contributed by atoms with Gasteiger partial charge in [0.15, 0.2) is 0 Å². The summed E-state index contributed by atoms with van der Waals surface area (Å²) < 4.78 is 1.44. The van der Waals surface area contributed by atoms with Gasteiger partial charge in [0.05, 0.1) is 0 Å². The lowest BCUT2D eigenvalue weighted by atomic mass is 9.82. The first-order valence-corrected chi connectivity index (χ1v) is 8.16. The van der Waals surface area contributed by atoms with Crippen LogP contribution in [0.25, 0.3) is 10.1 Å². The third-order valence-corrected chi connectivity index (χ3v) is 6.20. The largest absolute Gasteiger partial charge is 0.140 e. The Bertz CT molecular complexity index is 558. The molecule has 104 valence electrons. The first-order chi connectivity index (χ1) is 8.80. The summed E-state index contributed by atoms with van der Waals surface area (Å²) in [5, 5.41) is 1.40. The van der Waals surface area contributed by atoms with Gasteiger partial charge < -0.3 is 0 Å². The number of hydrogen-bond acceptors (Lipinski definition) is 1. The lowest BCUT2D eigenvalue weighted by Crippen LogP contribution is -2.14. The van der Waals surface area contributed by atoms with Gasteiger partial charge in [-0.05, 0) is 46.8 Å². The molecule has 0 unspecified atom stereocenters. The summed E-state index contributed by atoms with van der Waals surface area (Å²) >= 11 is 1.97. The topological polar surface area (TPSA) is 0 Å². The normalized spacial score (nSPS) is 13.2. The molecule has 0 radical (unpaired) electrons. The van der Waals surface area contributed by atoms with Crippen molar-refractivity contribution in [2.24, 2.45) is 0 Å². The van der Waals surface area contributed by atoms with E-state index in [1.54, 1.807) is 0 Å². The molecule has 0 saturated heterocycles. The quantitative estimate of drug-likeness (QED) is 0.615. The average molecular weight is 274 g/mol. The molecule has 0 aliphatic carbocycles. The van der Waals surface area contributed by atoms with Crippen LogP contribution in [0.1, 0.15) is 64.8 Å². The van der Waals surface area contributed by atoms with Crippen molar-refractivity contribution in [2.75, 3.05) is 0 Å². The second-order valence-corrected chi connectivity index (χ2v) is 7.92.